The summed E-state index contributed by atoms with van der Waals surface area (Å²) in [6, 6.07) is 0. The molecular weight excluding hydrogens is 288 g/mol. The van der Waals surface area contributed by atoms with Gasteiger partial charge in [0.15, 0.2) is 0 Å². The maximum absolute atomic E-state index is 10.7. The maximum Gasteiger partial charge on any atom is 0.280 e. The fourth-order valence-corrected chi connectivity index (χ4v) is 2.67. The first-order valence-electron chi connectivity index (χ1n) is 8.41. The van der Waals surface area contributed by atoms with Crippen molar-refractivity contribution in [2.75, 3.05) is 13.1 Å². The average Bonchev–Trinajstić information content (AvgIpc) is 2.42. The first-order chi connectivity index (χ1) is 9.98. The van der Waals surface area contributed by atoms with Crippen molar-refractivity contribution in [2.24, 2.45) is 5.73 Å². The number of nitrogens with one attached hydrogen (secondary N) is 1. The van der Waals surface area contributed by atoms with Crippen LogP contribution in [-0.2, 0) is 10.1 Å². The van der Waals surface area contributed by atoms with E-state index in [1.165, 1.54) is 57.8 Å². The van der Waals surface area contributed by atoms with Crippen molar-refractivity contribution >= 4 is 10.1 Å². The van der Waals surface area contributed by atoms with Gasteiger partial charge in [-0.15, -0.1) is 0 Å². The SMILES string of the molecule is CCCCCCCCCCCCNCCC(N)S(=O)(=O)O. The predicted molar refractivity (Wildman–Crippen MR) is 88.9 cm³/mol. The largest absolute Gasteiger partial charge is 0.317 e. The van der Waals surface area contributed by atoms with Crippen LogP contribution in [0.15, 0.2) is 0 Å². The van der Waals surface area contributed by atoms with Crippen molar-refractivity contribution in [1.29, 1.82) is 0 Å². The van der Waals surface area contributed by atoms with Crippen LogP contribution in [0.2, 0.25) is 0 Å². The Morgan fingerprint density at radius 1 is 0.905 bits per heavy atom. The van der Waals surface area contributed by atoms with Crippen LogP contribution >= 0.6 is 0 Å². The lowest BCUT2D eigenvalue weighted by Crippen LogP contribution is -2.33. The van der Waals surface area contributed by atoms with Crippen molar-refractivity contribution in [3.63, 3.8) is 0 Å². The topological polar surface area (TPSA) is 92.4 Å². The lowest BCUT2D eigenvalue weighted by Gasteiger charge is -2.09. The Hall–Kier alpha value is -0.170. The zero-order chi connectivity index (χ0) is 16.0. The van der Waals surface area contributed by atoms with Gasteiger partial charge in [-0.1, -0.05) is 64.7 Å². The Bertz CT molecular complexity index is 321. The van der Waals surface area contributed by atoms with E-state index in [2.05, 4.69) is 12.2 Å². The number of rotatable bonds is 15. The van der Waals surface area contributed by atoms with E-state index in [4.69, 9.17) is 10.3 Å². The van der Waals surface area contributed by atoms with E-state index in [1.54, 1.807) is 0 Å². The van der Waals surface area contributed by atoms with Crippen LogP contribution in [-0.4, -0.2) is 31.4 Å². The van der Waals surface area contributed by atoms with Gasteiger partial charge in [0.2, 0.25) is 0 Å². The minimum atomic E-state index is -4.08. The molecule has 0 aliphatic carbocycles. The molecular formula is C15H34N2O3S. The van der Waals surface area contributed by atoms with Gasteiger partial charge in [0.1, 0.15) is 5.37 Å². The highest BCUT2D eigenvalue weighted by atomic mass is 32.2. The number of hydrogen-bond donors (Lipinski definition) is 3. The molecule has 0 aromatic carbocycles. The monoisotopic (exact) mass is 322 g/mol. The molecule has 0 aliphatic heterocycles. The van der Waals surface area contributed by atoms with Gasteiger partial charge in [0.05, 0.1) is 0 Å². The summed E-state index contributed by atoms with van der Waals surface area (Å²) in [4.78, 5) is 0. The molecule has 5 nitrogen and oxygen atoms in total. The lowest BCUT2D eigenvalue weighted by atomic mass is 10.1. The van der Waals surface area contributed by atoms with Gasteiger partial charge in [0, 0.05) is 0 Å². The van der Waals surface area contributed by atoms with E-state index < -0.39 is 15.5 Å². The molecule has 4 N–H and O–H groups in total. The molecule has 1 unspecified atom stereocenters. The Morgan fingerprint density at radius 2 is 1.38 bits per heavy atom. The highest BCUT2D eigenvalue weighted by Gasteiger charge is 2.16. The molecule has 0 saturated carbocycles. The summed E-state index contributed by atoms with van der Waals surface area (Å²) in [6.45, 7) is 3.65. The quantitative estimate of drug-likeness (QED) is 0.318. The molecule has 0 saturated heterocycles. The molecule has 0 amide bonds. The predicted octanol–water partition coefficient (Wildman–Crippen LogP) is 3.06. The van der Waals surface area contributed by atoms with E-state index in [-0.39, 0.29) is 6.42 Å². The third-order valence-corrected chi connectivity index (χ3v) is 4.70. The summed E-state index contributed by atoms with van der Waals surface area (Å²) in [7, 11) is -4.08. The highest BCUT2D eigenvalue weighted by molar-refractivity contribution is 7.86. The smallest absolute Gasteiger partial charge is 0.280 e. The normalized spacial score (nSPS) is 13.5. The van der Waals surface area contributed by atoms with E-state index in [0.717, 1.165) is 13.0 Å². The van der Waals surface area contributed by atoms with Crippen LogP contribution in [0.3, 0.4) is 0 Å². The fraction of sp³-hybridized carbons (Fsp3) is 1.00. The highest BCUT2D eigenvalue weighted by Crippen LogP contribution is 2.10. The van der Waals surface area contributed by atoms with Crippen LogP contribution < -0.4 is 11.1 Å². The minimum Gasteiger partial charge on any atom is -0.317 e. The Kier molecular flexibility index (Phi) is 13.4. The van der Waals surface area contributed by atoms with Crippen LogP contribution in [0.1, 0.15) is 77.6 Å². The van der Waals surface area contributed by atoms with Gasteiger partial charge in [-0.3, -0.25) is 4.55 Å². The summed E-state index contributed by atoms with van der Waals surface area (Å²) in [5.41, 5.74) is 5.31. The molecule has 0 aromatic heterocycles. The lowest BCUT2D eigenvalue weighted by molar-refractivity contribution is 0.459. The third kappa shape index (κ3) is 14.5. The van der Waals surface area contributed by atoms with Crippen LogP contribution in [0.4, 0.5) is 0 Å². The van der Waals surface area contributed by atoms with E-state index in [9.17, 15) is 8.42 Å². The minimum absolute atomic E-state index is 0.247. The van der Waals surface area contributed by atoms with Gasteiger partial charge in [0.25, 0.3) is 10.1 Å². The Balaban J connectivity index is 3.16. The maximum atomic E-state index is 10.7. The molecule has 0 radical (unpaired) electrons. The standard InChI is InChI=1S/C15H34N2O3S/c1-2-3-4-5-6-7-8-9-10-11-13-17-14-12-15(16)21(18,19)20/h15,17H,2-14,16H2,1H3,(H,18,19,20). The van der Waals surface area contributed by atoms with Gasteiger partial charge >= 0.3 is 0 Å². The van der Waals surface area contributed by atoms with Crippen LogP contribution in [0.25, 0.3) is 0 Å². The first-order valence-corrected chi connectivity index (χ1v) is 9.91. The number of unbranched alkanes of at least 4 members (excludes halogenated alkanes) is 9. The van der Waals surface area contributed by atoms with Crippen LogP contribution in [0.5, 0.6) is 0 Å². The summed E-state index contributed by atoms with van der Waals surface area (Å²) < 4.78 is 30.1. The van der Waals surface area contributed by atoms with E-state index in [1.807, 2.05) is 0 Å². The molecule has 6 heteroatoms. The Morgan fingerprint density at radius 3 is 1.86 bits per heavy atom. The summed E-state index contributed by atoms with van der Waals surface area (Å²) in [5.74, 6) is 0. The third-order valence-electron chi connectivity index (χ3n) is 3.70. The molecule has 0 aliphatic rings. The molecule has 0 fully saturated rings. The van der Waals surface area contributed by atoms with Crippen molar-refractivity contribution in [3.8, 4) is 0 Å². The molecule has 0 spiro atoms. The van der Waals surface area contributed by atoms with Crippen molar-refractivity contribution in [1.82, 2.24) is 5.32 Å². The molecule has 0 aromatic rings. The summed E-state index contributed by atoms with van der Waals surface area (Å²) in [6.07, 6.45) is 13.3. The molecule has 0 bridgehead atoms. The van der Waals surface area contributed by atoms with Crippen molar-refractivity contribution in [2.45, 2.75) is 82.9 Å². The molecule has 1 atom stereocenters. The van der Waals surface area contributed by atoms with Crippen LogP contribution in [0, 0.1) is 0 Å². The van der Waals surface area contributed by atoms with Crippen molar-refractivity contribution < 1.29 is 13.0 Å². The number of hydrogen-bond acceptors (Lipinski definition) is 4. The van der Waals surface area contributed by atoms with Gasteiger partial charge < -0.3 is 11.1 Å². The first kappa shape index (κ1) is 20.8. The molecule has 21 heavy (non-hydrogen) atoms. The van der Waals surface area contributed by atoms with E-state index >= 15 is 0 Å². The van der Waals surface area contributed by atoms with Gasteiger partial charge in [-0.05, 0) is 25.9 Å². The Labute approximate surface area is 130 Å². The fourth-order valence-electron chi connectivity index (χ4n) is 2.26. The summed E-state index contributed by atoms with van der Waals surface area (Å²) in [5, 5.41) is 1.99. The van der Waals surface area contributed by atoms with Crippen molar-refractivity contribution in [3.05, 3.63) is 0 Å². The van der Waals surface area contributed by atoms with Gasteiger partial charge in [-0.2, -0.15) is 8.42 Å². The second-order valence-electron chi connectivity index (χ2n) is 5.77. The zero-order valence-electron chi connectivity index (χ0n) is 13.5. The zero-order valence-corrected chi connectivity index (χ0v) is 14.3. The second-order valence-corrected chi connectivity index (χ2v) is 7.41. The molecule has 128 valence electrons. The molecule has 0 rings (SSSR count). The summed E-state index contributed by atoms with van der Waals surface area (Å²) >= 11 is 0. The number of nitrogens with two attached hydrogens (primary N) is 1. The second kappa shape index (κ2) is 13.5. The van der Waals surface area contributed by atoms with Gasteiger partial charge in [-0.25, -0.2) is 0 Å². The molecule has 0 heterocycles. The average molecular weight is 323 g/mol. The van der Waals surface area contributed by atoms with E-state index in [0.29, 0.717) is 6.54 Å².